The third kappa shape index (κ3) is 3.07. The standard InChI is InChI=1S/C14H25NO3S/c1-6-14(7-2,19-5)8-15-11(16)9-10(12(17)18)13(9,3)4/h9-10H,6-8H2,1-5H3,(H,15,16)(H,17,18)/t9-,10+/m1/s1. The molecule has 0 heterocycles. The second-order valence-corrected chi connectivity index (χ2v) is 7.20. The third-order valence-electron chi connectivity index (χ3n) is 4.68. The minimum atomic E-state index is -0.868. The number of rotatable bonds is 7. The number of carbonyl (C=O) groups excluding carboxylic acids is 1. The van der Waals surface area contributed by atoms with Crippen LogP contribution in [0.3, 0.4) is 0 Å². The molecule has 0 unspecified atom stereocenters. The minimum absolute atomic E-state index is 0.0629. The van der Waals surface area contributed by atoms with E-state index in [1.807, 2.05) is 13.8 Å². The van der Waals surface area contributed by atoms with Crippen molar-refractivity contribution in [2.45, 2.75) is 45.3 Å². The summed E-state index contributed by atoms with van der Waals surface area (Å²) < 4.78 is 0.0629. The van der Waals surface area contributed by atoms with Crippen molar-refractivity contribution in [3.8, 4) is 0 Å². The van der Waals surface area contributed by atoms with Crippen LogP contribution in [0.5, 0.6) is 0 Å². The molecule has 0 spiro atoms. The van der Waals surface area contributed by atoms with Crippen LogP contribution in [0.1, 0.15) is 40.5 Å². The van der Waals surface area contributed by atoms with Crippen molar-refractivity contribution in [1.29, 1.82) is 0 Å². The maximum absolute atomic E-state index is 12.1. The summed E-state index contributed by atoms with van der Waals surface area (Å²) in [5.74, 6) is -1.91. The highest BCUT2D eigenvalue weighted by atomic mass is 32.2. The maximum atomic E-state index is 12.1. The molecule has 1 aliphatic carbocycles. The molecule has 4 nitrogen and oxygen atoms in total. The number of carboxylic acids is 1. The van der Waals surface area contributed by atoms with E-state index >= 15 is 0 Å². The van der Waals surface area contributed by atoms with Gasteiger partial charge in [0.1, 0.15) is 0 Å². The van der Waals surface area contributed by atoms with E-state index in [1.54, 1.807) is 11.8 Å². The highest BCUT2D eigenvalue weighted by Gasteiger charge is 2.65. The van der Waals surface area contributed by atoms with Crippen LogP contribution in [0.15, 0.2) is 0 Å². The lowest BCUT2D eigenvalue weighted by Crippen LogP contribution is -2.40. The predicted octanol–water partition coefficient (Wildman–Crippen LogP) is 2.38. The molecule has 2 atom stereocenters. The van der Waals surface area contributed by atoms with Crippen LogP contribution in [-0.4, -0.2) is 34.5 Å². The zero-order chi connectivity index (χ0) is 14.8. The first-order valence-electron chi connectivity index (χ1n) is 6.81. The Morgan fingerprint density at radius 2 is 1.79 bits per heavy atom. The van der Waals surface area contributed by atoms with E-state index in [0.29, 0.717) is 6.54 Å². The van der Waals surface area contributed by atoms with Gasteiger partial charge in [-0.15, -0.1) is 0 Å². The number of amides is 1. The van der Waals surface area contributed by atoms with Gasteiger partial charge in [-0.25, -0.2) is 0 Å². The number of hydrogen-bond acceptors (Lipinski definition) is 3. The van der Waals surface area contributed by atoms with Gasteiger partial charge in [0.15, 0.2) is 0 Å². The quantitative estimate of drug-likeness (QED) is 0.754. The first-order chi connectivity index (χ1) is 8.75. The van der Waals surface area contributed by atoms with Crippen LogP contribution in [0.4, 0.5) is 0 Å². The highest BCUT2D eigenvalue weighted by molar-refractivity contribution is 8.00. The van der Waals surface area contributed by atoms with Gasteiger partial charge in [0, 0.05) is 11.3 Å². The molecule has 0 aliphatic heterocycles. The topological polar surface area (TPSA) is 66.4 Å². The molecule has 0 saturated heterocycles. The summed E-state index contributed by atoms with van der Waals surface area (Å²) in [4.78, 5) is 23.2. The highest BCUT2D eigenvalue weighted by Crippen LogP contribution is 2.58. The molecular weight excluding hydrogens is 262 g/mol. The fourth-order valence-electron chi connectivity index (χ4n) is 2.81. The summed E-state index contributed by atoms with van der Waals surface area (Å²) in [6.07, 6.45) is 4.03. The Balaban J connectivity index is 2.61. The monoisotopic (exact) mass is 287 g/mol. The lowest BCUT2D eigenvalue weighted by atomic mass is 10.0. The van der Waals surface area contributed by atoms with Crippen molar-refractivity contribution >= 4 is 23.6 Å². The molecule has 0 aromatic carbocycles. The third-order valence-corrected chi connectivity index (χ3v) is 6.27. The molecule has 0 aromatic rings. The average Bonchev–Trinajstić information content (AvgIpc) is 2.95. The Hall–Kier alpha value is -0.710. The Morgan fingerprint density at radius 3 is 2.11 bits per heavy atom. The Labute approximate surface area is 119 Å². The Morgan fingerprint density at radius 1 is 1.26 bits per heavy atom. The SMILES string of the molecule is CCC(CC)(CNC(=O)[C@H]1[C@@H](C(=O)O)C1(C)C)SC. The molecule has 0 aromatic heterocycles. The smallest absolute Gasteiger partial charge is 0.307 e. The first kappa shape index (κ1) is 16.3. The van der Waals surface area contributed by atoms with Crippen molar-refractivity contribution in [3.63, 3.8) is 0 Å². The second-order valence-electron chi connectivity index (χ2n) is 5.93. The van der Waals surface area contributed by atoms with Crippen molar-refractivity contribution < 1.29 is 14.7 Å². The van der Waals surface area contributed by atoms with E-state index in [4.69, 9.17) is 5.11 Å². The summed E-state index contributed by atoms with van der Waals surface area (Å²) in [5, 5.41) is 12.0. The number of nitrogens with one attached hydrogen (secondary N) is 1. The summed E-state index contributed by atoms with van der Waals surface area (Å²) in [6, 6.07) is 0. The van der Waals surface area contributed by atoms with E-state index in [1.165, 1.54) is 0 Å². The van der Waals surface area contributed by atoms with Crippen LogP contribution < -0.4 is 5.32 Å². The van der Waals surface area contributed by atoms with Gasteiger partial charge in [0.05, 0.1) is 11.8 Å². The van der Waals surface area contributed by atoms with Gasteiger partial charge in [-0.2, -0.15) is 11.8 Å². The zero-order valence-electron chi connectivity index (χ0n) is 12.4. The number of carbonyl (C=O) groups is 2. The van der Waals surface area contributed by atoms with Crippen LogP contribution in [0, 0.1) is 17.3 Å². The molecule has 2 N–H and O–H groups in total. The summed E-state index contributed by atoms with van der Waals surface area (Å²) in [7, 11) is 0. The van der Waals surface area contributed by atoms with Gasteiger partial charge in [0.2, 0.25) is 5.91 Å². The lowest BCUT2D eigenvalue weighted by Gasteiger charge is -2.29. The van der Waals surface area contributed by atoms with E-state index in [0.717, 1.165) is 12.8 Å². The van der Waals surface area contributed by atoms with E-state index in [2.05, 4.69) is 25.4 Å². The first-order valence-corrected chi connectivity index (χ1v) is 8.04. The lowest BCUT2D eigenvalue weighted by molar-refractivity contribution is -0.140. The molecule has 19 heavy (non-hydrogen) atoms. The van der Waals surface area contributed by atoms with Crippen molar-refractivity contribution in [3.05, 3.63) is 0 Å². The van der Waals surface area contributed by atoms with E-state index in [-0.39, 0.29) is 10.7 Å². The molecule has 110 valence electrons. The van der Waals surface area contributed by atoms with Crippen molar-refractivity contribution in [1.82, 2.24) is 5.32 Å². The van der Waals surface area contributed by atoms with Crippen molar-refractivity contribution in [2.75, 3.05) is 12.8 Å². The number of thioether (sulfide) groups is 1. The maximum Gasteiger partial charge on any atom is 0.307 e. The number of carboxylic acid groups (broad SMARTS) is 1. The zero-order valence-corrected chi connectivity index (χ0v) is 13.3. The molecule has 5 heteroatoms. The van der Waals surface area contributed by atoms with Gasteiger partial charge in [0.25, 0.3) is 0 Å². The van der Waals surface area contributed by atoms with Gasteiger partial charge in [-0.3, -0.25) is 9.59 Å². The van der Waals surface area contributed by atoms with Crippen LogP contribution >= 0.6 is 11.8 Å². The van der Waals surface area contributed by atoms with Crippen LogP contribution in [0.2, 0.25) is 0 Å². The second kappa shape index (κ2) is 5.73. The number of aliphatic carboxylic acids is 1. The summed E-state index contributed by atoms with van der Waals surface area (Å²) in [6.45, 7) is 8.54. The molecule has 0 radical (unpaired) electrons. The largest absolute Gasteiger partial charge is 0.481 e. The van der Waals surface area contributed by atoms with Gasteiger partial charge >= 0.3 is 5.97 Å². The van der Waals surface area contributed by atoms with Gasteiger partial charge < -0.3 is 10.4 Å². The Kier molecular flexibility index (Phi) is 4.93. The fraction of sp³-hybridized carbons (Fsp3) is 0.857. The van der Waals surface area contributed by atoms with Crippen LogP contribution in [0.25, 0.3) is 0 Å². The minimum Gasteiger partial charge on any atom is -0.481 e. The molecule has 1 saturated carbocycles. The van der Waals surface area contributed by atoms with Crippen molar-refractivity contribution in [2.24, 2.45) is 17.3 Å². The van der Waals surface area contributed by atoms with Crippen LogP contribution in [-0.2, 0) is 9.59 Å². The fourth-order valence-corrected chi connectivity index (χ4v) is 3.60. The predicted molar refractivity (Wildman–Crippen MR) is 78.2 cm³/mol. The molecule has 1 rings (SSSR count). The summed E-state index contributed by atoms with van der Waals surface area (Å²) in [5.41, 5.74) is -0.420. The molecular formula is C14H25NO3S. The average molecular weight is 287 g/mol. The molecule has 1 aliphatic rings. The van der Waals surface area contributed by atoms with Gasteiger partial charge in [-0.05, 0) is 24.5 Å². The van der Waals surface area contributed by atoms with E-state index < -0.39 is 23.2 Å². The molecule has 1 fully saturated rings. The normalized spacial score (nSPS) is 24.9. The molecule has 1 amide bonds. The van der Waals surface area contributed by atoms with E-state index in [9.17, 15) is 9.59 Å². The van der Waals surface area contributed by atoms with Gasteiger partial charge in [-0.1, -0.05) is 27.7 Å². The molecule has 0 bridgehead atoms. The summed E-state index contributed by atoms with van der Waals surface area (Å²) >= 11 is 1.77. The Bertz CT molecular complexity index is 355. The number of hydrogen-bond donors (Lipinski definition) is 2.